The smallest absolute Gasteiger partial charge is 0.318 e. The van der Waals surface area contributed by atoms with Crippen LogP contribution >= 0.6 is 0 Å². The summed E-state index contributed by atoms with van der Waals surface area (Å²) < 4.78 is 0. The van der Waals surface area contributed by atoms with Gasteiger partial charge in [0.05, 0.1) is 13.1 Å². The molecule has 3 amide bonds. The summed E-state index contributed by atoms with van der Waals surface area (Å²) in [6, 6.07) is 14.0. The fourth-order valence-electron chi connectivity index (χ4n) is 3.38. The van der Waals surface area contributed by atoms with E-state index in [1.807, 2.05) is 18.2 Å². The molecular formula is C20H20N4O3. The zero-order valence-corrected chi connectivity index (χ0v) is 14.7. The maximum absolute atomic E-state index is 12.4. The molecule has 1 aliphatic rings. The second kappa shape index (κ2) is 7.03. The number of hydrogen-bond acceptors (Lipinski definition) is 3. The van der Waals surface area contributed by atoms with Crippen LogP contribution in [0.15, 0.2) is 48.5 Å². The molecule has 3 aromatic rings. The number of fused-ring (bicyclic) bond motifs is 3. The van der Waals surface area contributed by atoms with Crippen LogP contribution in [0, 0.1) is 0 Å². The number of hydrogen-bond donors (Lipinski definition) is 4. The normalized spacial score (nSPS) is 13.3. The van der Waals surface area contributed by atoms with Crippen molar-refractivity contribution in [1.82, 2.24) is 15.2 Å². The lowest BCUT2D eigenvalue weighted by molar-refractivity contribution is -0.115. The van der Waals surface area contributed by atoms with Gasteiger partial charge in [-0.2, -0.15) is 0 Å². The van der Waals surface area contributed by atoms with Crippen LogP contribution in [0.1, 0.15) is 11.3 Å². The molecule has 2 heterocycles. The van der Waals surface area contributed by atoms with Gasteiger partial charge in [0, 0.05) is 28.8 Å². The van der Waals surface area contributed by atoms with Gasteiger partial charge in [-0.15, -0.1) is 0 Å². The molecule has 138 valence electrons. The van der Waals surface area contributed by atoms with Crippen molar-refractivity contribution in [3.05, 3.63) is 59.8 Å². The minimum absolute atomic E-state index is 0.115. The number of anilines is 1. The van der Waals surface area contributed by atoms with E-state index in [9.17, 15) is 14.7 Å². The van der Waals surface area contributed by atoms with E-state index in [0.717, 1.165) is 17.6 Å². The highest BCUT2D eigenvalue weighted by Crippen LogP contribution is 2.27. The first-order valence-corrected chi connectivity index (χ1v) is 8.80. The monoisotopic (exact) mass is 364 g/mol. The molecule has 1 aliphatic heterocycles. The number of phenols is 1. The number of aromatic nitrogens is 1. The number of rotatable bonds is 3. The molecular weight excluding hydrogens is 344 g/mol. The largest absolute Gasteiger partial charge is 0.508 e. The number of amides is 3. The van der Waals surface area contributed by atoms with E-state index >= 15 is 0 Å². The van der Waals surface area contributed by atoms with E-state index in [1.165, 1.54) is 23.1 Å². The number of benzene rings is 2. The molecule has 0 spiro atoms. The van der Waals surface area contributed by atoms with E-state index in [-0.39, 0.29) is 24.2 Å². The average molecular weight is 364 g/mol. The number of nitrogens with zero attached hydrogens (tertiary/aromatic N) is 1. The van der Waals surface area contributed by atoms with Crippen LogP contribution < -0.4 is 10.6 Å². The molecule has 0 aliphatic carbocycles. The van der Waals surface area contributed by atoms with Crippen molar-refractivity contribution in [2.45, 2.75) is 13.0 Å². The summed E-state index contributed by atoms with van der Waals surface area (Å²) >= 11 is 0. The zero-order chi connectivity index (χ0) is 18.8. The van der Waals surface area contributed by atoms with Gasteiger partial charge < -0.3 is 25.6 Å². The zero-order valence-electron chi connectivity index (χ0n) is 14.7. The van der Waals surface area contributed by atoms with Crippen molar-refractivity contribution in [3.8, 4) is 5.75 Å². The van der Waals surface area contributed by atoms with E-state index < -0.39 is 0 Å². The van der Waals surface area contributed by atoms with Crippen molar-refractivity contribution in [3.63, 3.8) is 0 Å². The second-order valence-electron chi connectivity index (χ2n) is 6.55. The van der Waals surface area contributed by atoms with E-state index in [0.29, 0.717) is 18.8 Å². The highest BCUT2D eigenvalue weighted by atomic mass is 16.3. The fourth-order valence-corrected chi connectivity index (χ4v) is 3.38. The molecule has 0 unspecified atom stereocenters. The van der Waals surface area contributed by atoms with Crippen LogP contribution in [0.2, 0.25) is 0 Å². The van der Waals surface area contributed by atoms with Crippen LogP contribution in [0.4, 0.5) is 10.5 Å². The number of aromatic amines is 1. The lowest BCUT2D eigenvalue weighted by Crippen LogP contribution is -2.45. The van der Waals surface area contributed by atoms with E-state index in [4.69, 9.17) is 0 Å². The number of H-pyrrole nitrogens is 1. The first kappa shape index (κ1) is 17.0. The molecule has 0 saturated carbocycles. The number of phenolic OH excluding ortho intramolecular Hbond substituents is 1. The lowest BCUT2D eigenvalue weighted by Gasteiger charge is -2.27. The minimum atomic E-state index is -0.322. The summed E-state index contributed by atoms with van der Waals surface area (Å²) in [7, 11) is 0. The quantitative estimate of drug-likeness (QED) is 0.538. The van der Waals surface area contributed by atoms with Crippen molar-refractivity contribution in [2.75, 3.05) is 18.4 Å². The third kappa shape index (κ3) is 3.57. The number of aromatic hydroxyl groups is 1. The van der Waals surface area contributed by atoms with Gasteiger partial charge in [-0.3, -0.25) is 4.79 Å². The number of nitrogens with one attached hydrogen (secondary N) is 3. The van der Waals surface area contributed by atoms with Gasteiger partial charge in [0.25, 0.3) is 0 Å². The fraction of sp³-hybridized carbons (Fsp3) is 0.200. The van der Waals surface area contributed by atoms with Crippen molar-refractivity contribution in [1.29, 1.82) is 0 Å². The molecule has 7 nitrogen and oxygen atoms in total. The summed E-state index contributed by atoms with van der Waals surface area (Å²) in [6.45, 7) is 0.992. The van der Waals surface area contributed by atoms with Crippen molar-refractivity contribution < 1.29 is 14.7 Å². The SMILES string of the molecule is O=C(CNC(=O)N1CCc2c([nH]c3ccccc23)C1)Nc1ccc(O)cc1. The van der Waals surface area contributed by atoms with E-state index in [1.54, 1.807) is 17.0 Å². The van der Waals surface area contributed by atoms with Crippen molar-refractivity contribution in [2.24, 2.45) is 0 Å². The summed E-state index contributed by atoms with van der Waals surface area (Å²) in [6.07, 6.45) is 0.784. The van der Waals surface area contributed by atoms with Gasteiger partial charge in [0.15, 0.2) is 0 Å². The minimum Gasteiger partial charge on any atom is -0.508 e. The van der Waals surface area contributed by atoms with Gasteiger partial charge in [0.1, 0.15) is 5.75 Å². The molecule has 0 atom stereocenters. The first-order valence-electron chi connectivity index (χ1n) is 8.80. The van der Waals surface area contributed by atoms with Crippen LogP contribution in [0.25, 0.3) is 10.9 Å². The van der Waals surface area contributed by atoms with Crippen LogP contribution in [0.3, 0.4) is 0 Å². The Bertz CT molecular complexity index is 994. The van der Waals surface area contributed by atoms with Crippen LogP contribution in [-0.2, 0) is 17.8 Å². The number of carbonyl (C=O) groups is 2. The van der Waals surface area contributed by atoms with E-state index in [2.05, 4.69) is 21.7 Å². The third-order valence-corrected chi connectivity index (χ3v) is 4.72. The lowest BCUT2D eigenvalue weighted by atomic mass is 10.0. The Kier molecular flexibility index (Phi) is 4.42. The van der Waals surface area contributed by atoms with Crippen LogP contribution in [0.5, 0.6) is 5.75 Å². The molecule has 1 aromatic heterocycles. The predicted octanol–water partition coefficient (Wildman–Crippen LogP) is 2.58. The average Bonchev–Trinajstić information content (AvgIpc) is 3.05. The standard InChI is InChI=1S/C20H20N4O3/c25-14-7-5-13(6-8-14)22-19(26)11-21-20(27)24-10-9-16-15-3-1-2-4-17(15)23-18(16)12-24/h1-8,23,25H,9-12H2,(H,21,27)(H,22,26). The highest BCUT2D eigenvalue weighted by molar-refractivity contribution is 5.94. The van der Waals surface area contributed by atoms with Gasteiger partial charge in [-0.25, -0.2) is 4.79 Å². The van der Waals surface area contributed by atoms with Gasteiger partial charge in [-0.1, -0.05) is 18.2 Å². The molecule has 27 heavy (non-hydrogen) atoms. The summed E-state index contributed by atoms with van der Waals surface area (Å²) in [5.74, 6) is -0.194. The highest BCUT2D eigenvalue weighted by Gasteiger charge is 2.23. The molecule has 0 saturated heterocycles. The topological polar surface area (TPSA) is 97.5 Å². The molecule has 0 fully saturated rings. The Morgan fingerprint density at radius 3 is 2.70 bits per heavy atom. The van der Waals surface area contributed by atoms with Gasteiger partial charge in [0.2, 0.25) is 5.91 Å². The molecule has 0 radical (unpaired) electrons. The maximum Gasteiger partial charge on any atom is 0.318 e. The third-order valence-electron chi connectivity index (χ3n) is 4.72. The summed E-state index contributed by atoms with van der Waals surface area (Å²) in [4.78, 5) is 29.5. The molecule has 0 bridgehead atoms. The Morgan fingerprint density at radius 1 is 1.11 bits per heavy atom. The Balaban J connectivity index is 1.33. The summed E-state index contributed by atoms with van der Waals surface area (Å²) in [5.41, 5.74) is 3.96. The number of urea groups is 1. The Morgan fingerprint density at radius 2 is 1.89 bits per heavy atom. The van der Waals surface area contributed by atoms with Crippen molar-refractivity contribution >= 4 is 28.5 Å². The molecule has 7 heteroatoms. The van der Waals surface area contributed by atoms with Gasteiger partial charge >= 0.3 is 6.03 Å². The Hall–Kier alpha value is -3.48. The number of para-hydroxylation sites is 1. The Labute approximate surface area is 156 Å². The molecule has 4 rings (SSSR count). The second-order valence-corrected chi connectivity index (χ2v) is 6.55. The maximum atomic E-state index is 12.4. The summed E-state index contributed by atoms with van der Waals surface area (Å²) in [5, 5.41) is 15.8. The molecule has 4 N–H and O–H groups in total. The first-order chi connectivity index (χ1) is 13.1. The van der Waals surface area contributed by atoms with Gasteiger partial charge in [-0.05, 0) is 42.3 Å². The molecule has 2 aromatic carbocycles. The predicted molar refractivity (Wildman–Crippen MR) is 103 cm³/mol. The van der Waals surface area contributed by atoms with Crippen LogP contribution in [-0.4, -0.2) is 40.0 Å². The number of carbonyl (C=O) groups excluding carboxylic acids is 2.